The molecule has 0 atom stereocenters. The molecule has 0 amide bonds. The molecule has 15 heavy (non-hydrogen) atoms. The molecule has 0 radical (unpaired) electrons. The number of nitro groups is 1. The number of nitrogens with one attached hydrogen (secondary N) is 1. The molecule has 0 unspecified atom stereocenters. The molecule has 0 aliphatic heterocycles. The smallest absolute Gasteiger partial charge is 0.358 e. The molecule has 6 nitrogen and oxygen atoms in total. The molecule has 0 aromatic carbocycles. The van der Waals surface area contributed by atoms with Crippen molar-refractivity contribution in [1.82, 2.24) is 10.2 Å². The molecule has 0 saturated carbocycles. The molecular formula is C6H4F3N3O3. The van der Waals surface area contributed by atoms with Crippen LogP contribution in [0.2, 0.25) is 0 Å². The van der Waals surface area contributed by atoms with E-state index in [-0.39, 0.29) is 5.56 Å². The van der Waals surface area contributed by atoms with Crippen LogP contribution in [-0.2, 0) is 11.2 Å². The largest absolute Gasteiger partial charge is 0.450 e. The van der Waals surface area contributed by atoms with Gasteiger partial charge in [-0.25, -0.2) is 0 Å². The van der Waals surface area contributed by atoms with Gasteiger partial charge in [0.05, 0.1) is 18.2 Å². The van der Waals surface area contributed by atoms with Gasteiger partial charge < -0.3 is 10.1 Å². The van der Waals surface area contributed by atoms with Gasteiger partial charge in [0.2, 0.25) is 5.78 Å². The fraction of sp³-hybridized carbons (Fsp3) is 0.333. The number of carbonyl (C=O) groups is 1. The van der Waals surface area contributed by atoms with E-state index in [4.69, 9.17) is 0 Å². The SMILES string of the molecule is O=C(Cc1cn[nH]c1[N+](=O)[O-])C(F)(F)F. The number of rotatable bonds is 3. The number of aromatic nitrogens is 2. The maximum atomic E-state index is 11.8. The average molecular weight is 223 g/mol. The number of halogens is 3. The normalized spacial score (nSPS) is 11.4. The van der Waals surface area contributed by atoms with Crippen LogP contribution in [0.3, 0.4) is 0 Å². The van der Waals surface area contributed by atoms with E-state index in [9.17, 15) is 28.1 Å². The molecule has 0 bridgehead atoms. The molecule has 0 saturated heterocycles. The number of Topliss-reactive ketones (excluding diaryl/α,β-unsaturated/α-hetero) is 1. The summed E-state index contributed by atoms with van der Waals surface area (Å²) in [5.41, 5.74) is -0.387. The van der Waals surface area contributed by atoms with Gasteiger partial charge in [-0.1, -0.05) is 5.10 Å². The van der Waals surface area contributed by atoms with Crippen LogP contribution in [0.15, 0.2) is 6.20 Å². The third-order valence-electron chi connectivity index (χ3n) is 1.54. The van der Waals surface area contributed by atoms with Crippen molar-refractivity contribution >= 4 is 11.6 Å². The number of hydrogen-bond donors (Lipinski definition) is 1. The van der Waals surface area contributed by atoms with Gasteiger partial charge in [-0.2, -0.15) is 13.2 Å². The van der Waals surface area contributed by atoms with E-state index in [1.165, 1.54) is 0 Å². The van der Waals surface area contributed by atoms with E-state index in [0.717, 1.165) is 6.20 Å². The molecule has 1 N–H and O–H groups in total. The highest BCUT2D eigenvalue weighted by Crippen LogP contribution is 2.21. The number of H-pyrrole nitrogens is 1. The van der Waals surface area contributed by atoms with Crippen LogP contribution >= 0.6 is 0 Å². The van der Waals surface area contributed by atoms with Gasteiger partial charge in [0.25, 0.3) is 0 Å². The number of aromatic amines is 1. The Labute approximate surface area is 80.2 Å². The fourth-order valence-electron chi connectivity index (χ4n) is 0.865. The highest BCUT2D eigenvalue weighted by atomic mass is 19.4. The van der Waals surface area contributed by atoms with Crippen molar-refractivity contribution in [2.24, 2.45) is 0 Å². The summed E-state index contributed by atoms with van der Waals surface area (Å²) in [5.74, 6) is -2.75. The Balaban J connectivity index is 2.86. The number of nitrogens with zero attached hydrogens (tertiary/aromatic N) is 2. The van der Waals surface area contributed by atoms with Crippen molar-refractivity contribution in [3.05, 3.63) is 21.9 Å². The average Bonchev–Trinajstić information content (AvgIpc) is 2.50. The summed E-state index contributed by atoms with van der Waals surface area (Å²) in [6.45, 7) is 0. The number of ketones is 1. The Morgan fingerprint density at radius 1 is 1.60 bits per heavy atom. The molecule has 0 aliphatic carbocycles. The van der Waals surface area contributed by atoms with Crippen LogP contribution in [0, 0.1) is 10.1 Å². The molecule has 1 rings (SSSR count). The summed E-state index contributed by atoms with van der Waals surface area (Å²) in [5, 5.41) is 15.3. The summed E-state index contributed by atoms with van der Waals surface area (Å²) in [4.78, 5) is 19.8. The quantitative estimate of drug-likeness (QED) is 0.611. The molecule has 0 fully saturated rings. The predicted molar refractivity (Wildman–Crippen MR) is 40.0 cm³/mol. The first-order chi connectivity index (χ1) is 6.82. The molecule has 0 aliphatic rings. The summed E-state index contributed by atoms with van der Waals surface area (Å²) in [7, 11) is 0. The van der Waals surface area contributed by atoms with Gasteiger partial charge in [-0.15, -0.1) is 5.10 Å². The maximum Gasteiger partial charge on any atom is 0.450 e. The lowest BCUT2D eigenvalue weighted by molar-refractivity contribution is -0.390. The van der Waals surface area contributed by atoms with Gasteiger partial charge in [0, 0.05) is 0 Å². The van der Waals surface area contributed by atoms with Crippen molar-refractivity contribution in [3.63, 3.8) is 0 Å². The van der Waals surface area contributed by atoms with Crippen LogP contribution in [0.4, 0.5) is 19.0 Å². The van der Waals surface area contributed by atoms with E-state index >= 15 is 0 Å². The van der Waals surface area contributed by atoms with Gasteiger partial charge in [0.15, 0.2) is 0 Å². The van der Waals surface area contributed by atoms with E-state index in [1.807, 2.05) is 5.10 Å². The zero-order valence-electron chi connectivity index (χ0n) is 7.04. The molecule has 0 spiro atoms. The summed E-state index contributed by atoms with van der Waals surface area (Å²) in [6, 6.07) is 0. The molecule has 82 valence electrons. The Kier molecular flexibility index (Phi) is 2.73. The van der Waals surface area contributed by atoms with E-state index in [2.05, 4.69) is 5.10 Å². The predicted octanol–water partition coefficient (Wildman–Crippen LogP) is 0.992. The fourth-order valence-corrected chi connectivity index (χ4v) is 0.865. The maximum absolute atomic E-state index is 11.8. The van der Waals surface area contributed by atoms with Crippen LogP contribution < -0.4 is 0 Å². The number of carbonyl (C=O) groups excluding carboxylic acids is 1. The molecule has 1 aromatic heterocycles. The second-order valence-electron chi connectivity index (χ2n) is 2.60. The minimum atomic E-state index is -4.99. The Morgan fingerprint density at radius 3 is 2.67 bits per heavy atom. The molecule has 1 heterocycles. The highest BCUT2D eigenvalue weighted by molar-refractivity contribution is 5.86. The lowest BCUT2D eigenvalue weighted by Gasteiger charge is -2.02. The minimum absolute atomic E-state index is 0.387. The zero-order valence-corrected chi connectivity index (χ0v) is 7.04. The standard InChI is InChI=1S/C6H4F3N3O3/c7-6(8,9)4(13)1-3-2-10-11-5(3)12(14)15/h2H,1H2,(H,10,11). The zero-order chi connectivity index (χ0) is 11.6. The van der Waals surface area contributed by atoms with Crippen LogP contribution in [0.5, 0.6) is 0 Å². The first kappa shape index (κ1) is 11.1. The van der Waals surface area contributed by atoms with Gasteiger partial charge in [-0.05, 0) is 4.92 Å². The van der Waals surface area contributed by atoms with Crippen molar-refractivity contribution in [2.45, 2.75) is 12.6 Å². The second kappa shape index (κ2) is 3.67. The van der Waals surface area contributed by atoms with E-state index in [0.29, 0.717) is 0 Å². The minimum Gasteiger partial charge on any atom is -0.358 e. The lowest BCUT2D eigenvalue weighted by atomic mass is 10.1. The summed E-state index contributed by atoms with van der Waals surface area (Å²) < 4.78 is 35.5. The van der Waals surface area contributed by atoms with Crippen molar-refractivity contribution < 1.29 is 22.9 Å². The molecule has 9 heteroatoms. The van der Waals surface area contributed by atoms with Gasteiger partial charge in [-0.3, -0.25) is 4.79 Å². The van der Waals surface area contributed by atoms with E-state index in [1.54, 1.807) is 0 Å². The topological polar surface area (TPSA) is 88.9 Å². The second-order valence-corrected chi connectivity index (χ2v) is 2.60. The molecule has 1 aromatic rings. The third kappa shape index (κ3) is 2.51. The van der Waals surface area contributed by atoms with E-state index < -0.39 is 29.1 Å². The van der Waals surface area contributed by atoms with Gasteiger partial charge in [0.1, 0.15) is 0 Å². The Hall–Kier alpha value is -1.93. The Morgan fingerprint density at radius 2 is 2.20 bits per heavy atom. The summed E-state index contributed by atoms with van der Waals surface area (Å²) in [6.07, 6.45) is -5.26. The van der Waals surface area contributed by atoms with Crippen molar-refractivity contribution in [3.8, 4) is 0 Å². The number of hydrogen-bond acceptors (Lipinski definition) is 4. The monoisotopic (exact) mass is 223 g/mol. The number of alkyl halides is 3. The Bertz CT molecular complexity index is 398. The molecular weight excluding hydrogens is 219 g/mol. The first-order valence-corrected chi connectivity index (χ1v) is 3.59. The summed E-state index contributed by atoms with van der Waals surface area (Å²) >= 11 is 0. The van der Waals surface area contributed by atoms with Gasteiger partial charge >= 0.3 is 12.0 Å². The van der Waals surface area contributed by atoms with Crippen molar-refractivity contribution in [2.75, 3.05) is 0 Å². The highest BCUT2D eigenvalue weighted by Gasteiger charge is 2.39. The third-order valence-corrected chi connectivity index (χ3v) is 1.54. The first-order valence-electron chi connectivity index (χ1n) is 3.59. The van der Waals surface area contributed by atoms with Crippen LogP contribution in [0.1, 0.15) is 5.56 Å². The van der Waals surface area contributed by atoms with Crippen LogP contribution in [-0.4, -0.2) is 27.1 Å². The lowest BCUT2D eigenvalue weighted by Crippen LogP contribution is -2.24. The van der Waals surface area contributed by atoms with Crippen LogP contribution in [0.25, 0.3) is 0 Å². The van der Waals surface area contributed by atoms with Crippen molar-refractivity contribution in [1.29, 1.82) is 0 Å².